The molecule has 2 heterocycles. The Kier molecular flexibility index (Phi) is 4.74. The Morgan fingerprint density at radius 1 is 1.50 bits per heavy atom. The molecule has 24 heavy (non-hydrogen) atoms. The first-order valence-electron chi connectivity index (χ1n) is 7.31. The molecule has 9 heteroatoms. The number of likely N-dealkylation sites (tertiary alicyclic amines) is 1. The minimum Gasteiger partial charge on any atom is -0.468 e. The van der Waals surface area contributed by atoms with Gasteiger partial charge in [-0.05, 0) is 36.5 Å². The number of aliphatic hydroxyl groups excluding tert-OH is 1. The third kappa shape index (κ3) is 3.37. The summed E-state index contributed by atoms with van der Waals surface area (Å²) in [7, 11) is 1.31. The number of benzene rings is 1. The number of esters is 1. The number of hydrogen-bond donors (Lipinski definition) is 1. The fourth-order valence-electron chi connectivity index (χ4n) is 2.69. The van der Waals surface area contributed by atoms with Crippen LogP contribution in [0.4, 0.5) is 4.39 Å². The van der Waals surface area contributed by atoms with Crippen LogP contribution in [0.2, 0.25) is 0 Å². The van der Waals surface area contributed by atoms with E-state index in [0.717, 1.165) is 0 Å². The van der Waals surface area contributed by atoms with E-state index in [2.05, 4.69) is 5.10 Å². The predicted molar refractivity (Wildman–Crippen MR) is 83.9 cm³/mol. The number of aromatic nitrogens is 2. The topological polar surface area (TPSA) is 80.7 Å². The molecule has 1 fully saturated rings. The van der Waals surface area contributed by atoms with E-state index < -0.39 is 18.1 Å². The molecule has 0 aliphatic carbocycles. The van der Waals surface area contributed by atoms with Crippen molar-refractivity contribution >= 4 is 18.2 Å². The molecule has 0 bridgehead atoms. The van der Waals surface area contributed by atoms with Gasteiger partial charge in [-0.3, -0.25) is 9.69 Å². The third-order valence-electron chi connectivity index (χ3n) is 3.87. The lowest BCUT2D eigenvalue weighted by atomic mass is 10.2. The second-order valence-corrected chi connectivity index (χ2v) is 5.87. The average molecular weight is 353 g/mol. The lowest BCUT2D eigenvalue weighted by molar-refractivity contribution is -0.146. The molecule has 1 aliphatic rings. The van der Waals surface area contributed by atoms with Crippen molar-refractivity contribution in [1.82, 2.24) is 14.7 Å². The van der Waals surface area contributed by atoms with Gasteiger partial charge in [0.25, 0.3) is 4.84 Å². The van der Waals surface area contributed by atoms with E-state index in [0.29, 0.717) is 18.5 Å². The number of aliphatic hydroxyl groups is 1. The number of hydrogen-bond acceptors (Lipinski definition) is 7. The number of halogens is 1. The van der Waals surface area contributed by atoms with Gasteiger partial charge in [-0.15, -0.1) is 5.10 Å². The minimum absolute atomic E-state index is 0.124. The van der Waals surface area contributed by atoms with Gasteiger partial charge in [0, 0.05) is 18.5 Å². The lowest BCUT2D eigenvalue weighted by Crippen LogP contribution is -2.38. The molecule has 7 nitrogen and oxygen atoms in total. The van der Waals surface area contributed by atoms with Crippen LogP contribution in [-0.4, -0.2) is 51.6 Å². The maximum atomic E-state index is 13.0. The van der Waals surface area contributed by atoms with Crippen molar-refractivity contribution in [3.05, 3.63) is 34.9 Å². The molecule has 1 saturated heterocycles. The van der Waals surface area contributed by atoms with Crippen molar-refractivity contribution in [1.29, 1.82) is 0 Å². The van der Waals surface area contributed by atoms with E-state index in [9.17, 15) is 14.3 Å². The maximum Gasteiger partial charge on any atom is 0.323 e. The molecule has 0 spiro atoms. The van der Waals surface area contributed by atoms with Crippen LogP contribution < -0.4 is 0 Å². The second kappa shape index (κ2) is 6.80. The summed E-state index contributed by atoms with van der Waals surface area (Å²) in [6.45, 7) is 0.487. The Bertz CT molecular complexity index is 789. The summed E-state index contributed by atoms with van der Waals surface area (Å²) in [5, 5.41) is 14.1. The normalized spacial score (nSPS) is 21.1. The van der Waals surface area contributed by atoms with E-state index in [4.69, 9.17) is 21.4 Å². The molecular formula is C15H16FN3O4S. The standard InChI is InChI=1S/C15H16FN3O4S/c1-22-14(21)12-6-11(20)7-18(12)8-19-15(24)23-13(17-19)9-2-4-10(16)5-3-9/h2-5,11-12,20H,6-8H2,1H3/t11-,12-/m0/s1. The highest BCUT2D eigenvalue weighted by atomic mass is 32.1. The lowest BCUT2D eigenvalue weighted by Gasteiger charge is -2.21. The van der Waals surface area contributed by atoms with Crippen LogP contribution in [0.15, 0.2) is 28.7 Å². The molecule has 0 unspecified atom stereocenters. The first-order chi connectivity index (χ1) is 11.5. The molecule has 0 amide bonds. The largest absolute Gasteiger partial charge is 0.468 e. The number of rotatable bonds is 4. The Morgan fingerprint density at radius 2 is 2.21 bits per heavy atom. The Balaban J connectivity index is 1.81. The van der Waals surface area contributed by atoms with Crippen LogP contribution in [-0.2, 0) is 16.2 Å². The summed E-state index contributed by atoms with van der Waals surface area (Å²) in [6.07, 6.45) is -0.324. The highest BCUT2D eigenvalue weighted by Crippen LogP contribution is 2.22. The fraction of sp³-hybridized carbons (Fsp3) is 0.400. The van der Waals surface area contributed by atoms with Gasteiger partial charge in [0.2, 0.25) is 5.89 Å². The molecule has 2 atom stereocenters. The highest BCUT2D eigenvalue weighted by molar-refractivity contribution is 7.71. The van der Waals surface area contributed by atoms with Crippen LogP contribution >= 0.6 is 12.2 Å². The summed E-state index contributed by atoms with van der Waals surface area (Å²) < 4.78 is 24.6. The summed E-state index contributed by atoms with van der Waals surface area (Å²) in [5.41, 5.74) is 0.590. The molecule has 2 aromatic rings. The number of ether oxygens (including phenoxy) is 1. The number of carbonyl (C=O) groups is 1. The quantitative estimate of drug-likeness (QED) is 0.660. The van der Waals surface area contributed by atoms with Crippen LogP contribution in [0.25, 0.3) is 11.5 Å². The molecular weight excluding hydrogens is 337 g/mol. The summed E-state index contributed by atoms with van der Waals surface area (Å²) in [6, 6.07) is 5.13. The van der Waals surface area contributed by atoms with Gasteiger partial charge in [0.15, 0.2) is 0 Å². The molecule has 1 aromatic heterocycles. The SMILES string of the molecule is COC(=O)[C@@H]1C[C@H](O)CN1Cn1nc(-c2ccc(F)cc2)oc1=S. The molecule has 128 valence electrons. The number of carbonyl (C=O) groups excluding carboxylic acids is 1. The van der Waals surface area contributed by atoms with Gasteiger partial charge in [-0.2, -0.15) is 0 Å². The second-order valence-electron chi connectivity index (χ2n) is 5.52. The first kappa shape index (κ1) is 16.7. The third-order valence-corrected chi connectivity index (χ3v) is 4.16. The molecule has 1 N–H and O–H groups in total. The Hall–Kier alpha value is -2.10. The fourth-order valence-corrected chi connectivity index (χ4v) is 2.87. The number of β-amino-alcohol motifs (C(OH)–C–C–N with tert-alkyl or cyclic N) is 1. The van der Waals surface area contributed by atoms with E-state index in [1.807, 2.05) is 0 Å². The van der Waals surface area contributed by atoms with Crippen molar-refractivity contribution in [2.45, 2.75) is 25.2 Å². The monoisotopic (exact) mass is 353 g/mol. The number of nitrogens with zero attached hydrogens (tertiary/aromatic N) is 3. The summed E-state index contributed by atoms with van der Waals surface area (Å²) in [4.78, 5) is 13.7. The average Bonchev–Trinajstić information content (AvgIpc) is 3.11. The van der Waals surface area contributed by atoms with Crippen LogP contribution in [0.3, 0.4) is 0 Å². The van der Waals surface area contributed by atoms with E-state index >= 15 is 0 Å². The molecule has 1 aromatic carbocycles. The van der Waals surface area contributed by atoms with Crippen LogP contribution in [0.5, 0.6) is 0 Å². The Labute approximate surface area is 142 Å². The summed E-state index contributed by atoms with van der Waals surface area (Å²) in [5.74, 6) is -0.515. The Morgan fingerprint density at radius 3 is 2.88 bits per heavy atom. The zero-order valence-corrected chi connectivity index (χ0v) is 13.7. The molecule has 0 radical (unpaired) electrons. The van der Waals surface area contributed by atoms with Gasteiger partial charge in [-0.25, -0.2) is 9.07 Å². The molecule has 3 rings (SSSR count). The van der Waals surface area contributed by atoms with E-state index in [1.54, 1.807) is 4.90 Å². The number of methoxy groups -OCH3 is 1. The van der Waals surface area contributed by atoms with Gasteiger partial charge >= 0.3 is 5.97 Å². The highest BCUT2D eigenvalue weighted by Gasteiger charge is 2.37. The van der Waals surface area contributed by atoms with Crippen molar-refractivity contribution in [3.8, 4) is 11.5 Å². The molecule has 1 aliphatic heterocycles. The van der Waals surface area contributed by atoms with Gasteiger partial charge in [0.05, 0.1) is 19.9 Å². The van der Waals surface area contributed by atoms with Crippen molar-refractivity contribution in [2.24, 2.45) is 0 Å². The maximum absolute atomic E-state index is 13.0. The van der Waals surface area contributed by atoms with Crippen LogP contribution in [0.1, 0.15) is 6.42 Å². The smallest absolute Gasteiger partial charge is 0.323 e. The van der Waals surface area contributed by atoms with E-state index in [-0.39, 0.29) is 23.2 Å². The van der Waals surface area contributed by atoms with Gasteiger partial charge < -0.3 is 14.3 Å². The zero-order valence-electron chi connectivity index (χ0n) is 12.9. The first-order valence-corrected chi connectivity index (χ1v) is 7.72. The zero-order chi connectivity index (χ0) is 17.3. The predicted octanol–water partition coefficient (Wildman–Crippen LogP) is 1.58. The van der Waals surface area contributed by atoms with Gasteiger partial charge in [-0.1, -0.05) is 0 Å². The van der Waals surface area contributed by atoms with E-state index in [1.165, 1.54) is 36.1 Å². The summed E-state index contributed by atoms with van der Waals surface area (Å²) >= 11 is 5.15. The van der Waals surface area contributed by atoms with Crippen LogP contribution in [0, 0.1) is 10.7 Å². The van der Waals surface area contributed by atoms with Gasteiger partial charge in [0.1, 0.15) is 11.9 Å². The van der Waals surface area contributed by atoms with Crippen molar-refractivity contribution < 1.29 is 23.4 Å². The minimum atomic E-state index is -0.619. The molecule has 0 saturated carbocycles. The van der Waals surface area contributed by atoms with Crippen molar-refractivity contribution in [2.75, 3.05) is 13.7 Å². The van der Waals surface area contributed by atoms with Crippen molar-refractivity contribution in [3.63, 3.8) is 0 Å².